The molecule has 1 N–H and O–H groups in total. The average Bonchev–Trinajstić information content (AvgIpc) is 3.08. The number of aromatic nitrogens is 2. The van der Waals surface area contributed by atoms with Crippen molar-refractivity contribution in [1.29, 1.82) is 0 Å². The second-order valence-electron chi connectivity index (χ2n) is 5.66. The van der Waals surface area contributed by atoms with Gasteiger partial charge in [-0.2, -0.15) is 0 Å². The number of carbonyl (C=O) groups is 1. The third-order valence-corrected chi connectivity index (χ3v) is 4.09. The van der Waals surface area contributed by atoms with Gasteiger partial charge in [-0.3, -0.25) is 4.90 Å². The van der Waals surface area contributed by atoms with Crippen LogP contribution in [0.5, 0.6) is 5.75 Å². The summed E-state index contributed by atoms with van der Waals surface area (Å²) in [5, 5.41) is 3.71. The molecule has 0 aliphatic carbocycles. The van der Waals surface area contributed by atoms with Gasteiger partial charge >= 0.3 is 6.09 Å². The molecule has 1 aromatic heterocycles. The van der Waals surface area contributed by atoms with Crippen molar-refractivity contribution in [3.63, 3.8) is 0 Å². The second kappa shape index (κ2) is 6.47. The van der Waals surface area contributed by atoms with Crippen LogP contribution in [0.2, 0.25) is 0 Å². The number of halogens is 1. The Morgan fingerprint density at radius 1 is 1.23 bits per heavy atom. The maximum atomic E-state index is 13.6. The number of fused-ring (bicyclic) bond motifs is 1. The lowest BCUT2D eigenvalue weighted by Crippen LogP contribution is -2.23. The predicted octanol–water partition coefficient (Wildman–Crippen LogP) is 3.48. The van der Waals surface area contributed by atoms with E-state index in [9.17, 15) is 9.18 Å². The molecule has 1 saturated heterocycles. The van der Waals surface area contributed by atoms with E-state index in [1.54, 1.807) is 24.3 Å². The van der Waals surface area contributed by atoms with E-state index in [1.165, 1.54) is 30.5 Å². The molecule has 2 aromatic carbocycles. The highest BCUT2D eigenvalue weighted by Crippen LogP contribution is 2.34. The molecule has 26 heavy (non-hydrogen) atoms. The SMILES string of the molecule is COc1ccc(Nc2ncnc3ccc(F)cc23)cc1N1CCOC1=O. The normalized spacial score (nSPS) is 13.8. The number of methoxy groups -OCH3 is 1. The van der Waals surface area contributed by atoms with E-state index in [2.05, 4.69) is 15.3 Å². The zero-order chi connectivity index (χ0) is 18.1. The molecule has 1 amide bonds. The molecule has 7 nitrogen and oxygen atoms in total. The third-order valence-electron chi connectivity index (χ3n) is 4.09. The van der Waals surface area contributed by atoms with Gasteiger partial charge in [0.05, 0.1) is 24.9 Å². The van der Waals surface area contributed by atoms with E-state index in [-0.39, 0.29) is 5.82 Å². The van der Waals surface area contributed by atoms with E-state index in [0.29, 0.717) is 47.0 Å². The van der Waals surface area contributed by atoms with E-state index in [4.69, 9.17) is 9.47 Å². The first-order valence-corrected chi connectivity index (χ1v) is 7.95. The van der Waals surface area contributed by atoms with Gasteiger partial charge in [0.25, 0.3) is 0 Å². The van der Waals surface area contributed by atoms with Crippen molar-refractivity contribution in [2.24, 2.45) is 0 Å². The minimum Gasteiger partial charge on any atom is -0.495 e. The van der Waals surface area contributed by atoms with Gasteiger partial charge in [0.1, 0.15) is 30.3 Å². The van der Waals surface area contributed by atoms with Crippen LogP contribution in [0.25, 0.3) is 10.9 Å². The number of cyclic esters (lactones) is 1. The summed E-state index contributed by atoms with van der Waals surface area (Å²) in [6.45, 7) is 0.774. The summed E-state index contributed by atoms with van der Waals surface area (Å²) in [4.78, 5) is 21.7. The molecule has 0 saturated carbocycles. The van der Waals surface area contributed by atoms with Crippen molar-refractivity contribution in [2.75, 3.05) is 30.5 Å². The smallest absolute Gasteiger partial charge is 0.414 e. The summed E-state index contributed by atoms with van der Waals surface area (Å²) in [5.74, 6) is 0.646. The van der Waals surface area contributed by atoms with Crippen LogP contribution in [-0.2, 0) is 4.74 Å². The Morgan fingerprint density at radius 3 is 2.88 bits per heavy atom. The maximum absolute atomic E-state index is 13.6. The van der Waals surface area contributed by atoms with Crippen molar-refractivity contribution in [3.05, 3.63) is 48.5 Å². The summed E-state index contributed by atoms with van der Waals surface area (Å²) >= 11 is 0. The van der Waals surface area contributed by atoms with Crippen LogP contribution in [0.3, 0.4) is 0 Å². The summed E-state index contributed by atoms with van der Waals surface area (Å²) in [5.41, 5.74) is 1.88. The summed E-state index contributed by atoms with van der Waals surface area (Å²) in [6, 6.07) is 9.61. The fourth-order valence-electron chi connectivity index (χ4n) is 2.86. The molecule has 1 fully saturated rings. The summed E-state index contributed by atoms with van der Waals surface area (Å²) in [6.07, 6.45) is 0.986. The molecule has 0 radical (unpaired) electrons. The molecule has 1 aliphatic heterocycles. The Hall–Kier alpha value is -3.42. The first-order valence-electron chi connectivity index (χ1n) is 7.95. The minimum absolute atomic E-state index is 0.329. The number of ether oxygens (including phenoxy) is 2. The highest BCUT2D eigenvalue weighted by Gasteiger charge is 2.26. The zero-order valence-electron chi connectivity index (χ0n) is 13.9. The number of benzene rings is 2. The van der Waals surface area contributed by atoms with Crippen LogP contribution in [0.1, 0.15) is 0 Å². The first-order chi connectivity index (χ1) is 12.7. The van der Waals surface area contributed by atoms with Crippen molar-refractivity contribution < 1.29 is 18.7 Å². The third kappa shape index (κ3) is 2.85. The minimum atomic E-state index is -0.421. The molecule has 0 atom stereocenters. The van der Waals surface area contributed by atoms with Crippen LogP contribution >= 0.6 is 0 Å². The fraction of sp³-hybridized carbons (Fsp3) is 0.167. The predicted molar refractivity (Wildman–Crippen MR) is 94.5 cm³/mol. The van der Waals surface area contributed by atoms with Crippen LogP contribution in [0.4, 0.5) is 26.4 Å². The lowest BCUT2D eigenvalue weighted by Gasteiger charge is -2.18. The fourth-order valence-corrected chi connectivity index (χ4v) is 2.86. The Balaban J connectivity index is 1.73. The highest BCUT2D eigenvalue weighted by molar-refractivity contribution is 5.94. The first kappa shape index (κ1) is 16.1. The molecular formula is C18H15FN4O3. The Labute approximate surface area is 148 Å². The number of anilines is 3. The highest BCUT2D eigenvalue weighted by atomic mass is 19.1. The van der Waals surface area contributed by atoms with Gasteiger partial charge in [0, 0.05) is 11.1 Å². The Kier molecular flexibility index (Phi) is 4.00. The number of nitrogens with one attached hydrogen (secondary N) is 1. The standard InChI is InChI=1S/C18H15FN4O3/c1-25-16-5-3-12(9-15(16)23-6-7-26-18(23)24)22-17-13-8-11(19)2-4-14(13)20-10-21-17/h2-5,8-10H,6-7H2,1H3,(H,20,21,22). The van der Waals surface area contributed by atoms with Crippen LogP contribution in [-0.4, -0.2) is 36.3 Å². The van der Waals surface area contributed by atoms with Gasteiger partial charge in [-0.25, -0.2) is 19.2 Å². The Bertz CT molecular complexity index is 995. The number of rotatable bonds is 4. The van der Waals surface area contributed by atoms with Crippen LogP contribution < -0.4 is 15.0 Å². The van der Waals surface area contributed by atoms with Crippen molar-refractivity contribution >= 4 is 34.2 Å². The molecule has 0 spiro atoms. The average molecular weight is 354 g/mol. The molecule has 0 unspecified atom stereocenters. The molecule has 4 rings (SSSR count). The summed E-state index contributed by atoms with van der Waals surface area (Å²) in [7, 11) is 1.54. The largest absolute Gasteiger partial charge is 0.495 e. The van der Waals surface area contributed by atoms with Gasteiger partial charge < -0.3 is 14.8 Å². The van der Waals surface area contributed by atoms with Gasteiger partial charge in [0.2, 0.25) is 0 Å². The number of carbonyl (C=O) groups excluding carboxylic acids is 1. The number of amides is 1. The molecular weight excluding hydrogens is 339 g/mol. The monoisotopic (exact) mass is 354 g/mol. The molecule has 132 valence electrons. The van der Waals surface area contributed by atoms with Crippen molar-refractivity contribution in [1.82, 2.24) is 9.97 Å². The number of hydrogen-bond donors (Lipinski definition) is 1. The molecule has 8 heteroatoms. The van der Waals surface area contributed by atoms with Gasteiger partial charge in [-0.1, -0.05) is 0 Å². The summed E-state index contributed by atoms with van der Waals surface area (Å²) < 4.78 is 23.9. The van der Waals surface area contributed by atoms with E-state index in [1.807, 2.05) is 0 Å². The lowest BCUT2D eigenvalue weighted by atomic mass is 10.2. The van der Waals surface area contributed by atoms with Crippen LogP contribution in [0, 0.1) is 5.82 Å². The van der Waals surface area contributed by atoms with Crippen molar-refractivity contribution in [3.8, 4) is 5.75 Å². The van der Waals surface area contributed by atoms with Crippen molar-refractivity contribution in [2.45, 2.75) is 0 Å². The molecule has 3 aromatic rings. The van der Waals surface area contributed by atoms with Crippen LogP contribution in [0.15, 0.2) is 42.7 Å². The van der Waals surface area contributed by atoms with E-state index in [0.717, 1.165) is 0 Å². The molecule has 1 aliphatic rings. The zero-order valence-corrected chi connectivity index (χ0v) is 13.9. The topological polar surface area (TPSA) is 76.6 Å². The second-order valence-corrected chi connectivity index (χ2v) is 5.66. The number of hydrogen-bond acceptors (Lipinski definition) is 6. The van der Waals surface area contributed by atoms with Gasteiger partial charge in [-0.15, -0.1) is 0 Å². The maximum Gasteiger partial charge on any atom is 0.414 e. The van der Waals surface area contributed by atoms with E-state index < -0.39 is 6.09 Å². The molecule has 0 bridgehead atoms. The number of nitrogens with zero attached hydrogens (tertiary/aromatic N) is 3. The van der Waals surface area contributed by atoms with Gasteiger partial charge in [0.15, 0.2) is 0 Å². The quantitative estimate of drug-likeness (QED) is 0.773. The molecule has 2 heterocycles. The lowest BCUT2D eigenvalue weighted by molar-refractivity contribution is 0.181. The van der Waals surface area contributed by atoms with Gasteiger partial charge in [-0.05, 0) is 36.4 Å². The van der Waals surface area contributed by atoms with E-state index >= 15 is 0 Å². The Morgan fingerprint density at radius 2 is 2.12 bits per heavy atom.